The number of rotatable bonds is 5. The third-order valence-electron chi connectivity index (χ3n) is 2.90. The van der Waals surface area contributed by atoms with E-state index < -0.39 is 11.4 Å². The van der Waals surface area contributed by atoms with Gasteiger partial charge >= 0.3 is 0 Å². The van der Waals surface area contributed by atoms with Gasteiger partial charge in [-0.05, 0) is 31.5 Å². The van der Waals surface area contributed by atoms with Crippen LogP contribution in [0.3, 0.4) is 0 Å². The van der Waals surface area contributed by atoms with Gasteiger partial charge in [-0.2, -0.15) is 0 Å². The molecule has 3 nitrogen and oxygen atoms in total. The molecule has 0 radical (unpaired) electrons. The van der Waals surface area contributed by atoms with Gasteiger partial charge in [0.15, 0.2) is 11.6 Å². The molecule has 1 atom stereocenters. The van der Waals surface area contributed by atoms with E-state index in [-0.39, 0.29) is 11.7 Å². The molecule has 5 heteroatoms. The fraction of sp³-hybridized carbons (Fsp3) is 0.462. The van der Waals surface area contributed by atoms with E-state index in [0.29, 0.717) is 17.9 Å². The van der Waals surface area contributed by atoms with Crippen LogP contribution in [0.15, 0.2) is 18.2 Å². The number of carbonyl (C=O) groups is 1. The Labute approximate surface area is 111 Å². The van der Waals surface area contributed by atoms with E-state index in [4.69, 9.17) is 16.3 Å². The fourth-order valence-corrected chi connectivity index (χ4v) is 1.62. The maximum Gasteiger partial charge on any atom is 0.251 e. The van der Waals surface area contributed by atoms with Gasteiger partial charge in [0.2, 0.25) is 0 Å². The van der Waals surface area contributed by atoms with Crippen LogP contribution in [0.25, 0.3) is 0 Å². The summed E-state index contributed by atoms with van der Waals surface area (Å²) in [7, 11) is 1.36. The van der Waals surface area contributed by atoms with Gasteiger partial charge in [-0.3, -0.25) is 4.79 Å². The van der Waals surface area contributed by atoms with Gasteiger partial charge in [0.25, 0.3) is 5.91 Å². The Morgan fingerprint density at radius 3 is 2.72 bits per heavy atom. The van der Waals surface area contributed by atoms with Crippen LogP contribution in [0.4, 0.5) is 4.39 Å². The highest BCUT2D eigenvalue weighted by Crippen LogP contribution is 2.19. The van der Waals surface area contributed by atoms with Crippen LogP contribution in [0.2, 0.25) is 0 Å². The summed E-state index contributed by atoms with van der Waals surface area (Å²) in [5.74, 6) is -0.428. The summed E-state index contributed by atoms with van der Waals surface area (Å²) in [5.41, 5.74) is -0.127. The van der Waals surface area contributed by atoms with E-state index in [0.717, 1.165) is 0 Å². The summed E-state index contributed by atoms with van der Waals surface area (Å²) in [6, 6.07) is 3.99. The molecule has 1 aromatic rings. The molecule has 100 valence electrons. The van der Waals surface area contributed by atoms with Crippen molar-refractivity contribution in [3.63, 3.8) is 0 Å². The zero-order valence-corrected chi connectivity index (χ0v) is 11.5. The number of nitrogens with one attached hydrogen (secondary N) is 1. The first kappa shape index (κ1) is 14.8. The van der Waals surface area contributed by atoms with Crippen molar-refractivity contribution >= 4 is 17.5 Å². The molecule has 0 heterocycles. The zero-order valence-electron chi connectivity index (χ0n) is 10.7. The molecule has 1 amide bonds. The molecule has 0 aliphatic carbocycles. The Kier molecular flexibility index (Phi) is 4.96. The number of hydrogen-bond acceptors (Lipinski definition) is 2. The van der Waals surface area contributed by atoms with Crippen LogP contribution in [0, 0.1) is 5.82 Å². The highest BCUT2D eigenvalue weighted by molar-refractivity contribution is 6.18. The minimum Gasteiger partial charge on any atom is -0.494 e. The second kappa shape index (κ2) is 6.05. The standard InChI is InChI=1S/C13H17ClFNO2/c1-4-13(2,8-14)16-12(17)9-5-6-10(15)11(7-9)18-3/h5-7H,4,8H2,1-3H3,(H,16,17). The average Bonchev–Trinajstić information content (AvgIpc) is 2.39. The Bertz CT molecular complexity index is 433. The largest absolute Gasteiger partial charge is 0.494 e. The molecule has 0 aromatic heterocycles. The molecule has 1 N–H and O–H groups in total. The lowest BCUT2D eigenvalue weighted by Crippen LogP contribution is -2.47. The highest BCUT2D eigenvalue weighted by atomic mass is 35.5. The highest BCUT2D eigenvalue weighted by Gasteiger charge is 2.24. The number of ether oxygens (including phenoxy) is 1. The maximum absolute atomic E-state index is 13.2. The molecule has 0 bridgehead atoms. The third kappa shape index (κ3) is 3.35. The minimum atomic E-state index is -0.496. The quantitative estimate of drug-likeness (QED) is 0.838. The topological polar surface area (TPSA) is 38.3 Å². The molecule has 0 saturated heterocycles. The number of carbonyl (C=O) groups excluding carboxylic acids is 1. The lowest BCUT2D eigenvalue weighted by molar-refractivity contribution is 0.0912. The Hall–Kier alpha value is -1.29. The van der Waals surface area contributed by atoms with Crippen molar-refractivity contribution in [2.24, 2.45) is 0 Å². The third-order valence-corrected chi connectivity index (χ3v) is 3.49. The SMILES string of the molecule is CCC(C)(CCl)NC(=O)c1ccc(F)c(OC)c1. The van der Waals surface area contributed by atoms with Crippen molar-refractivity contribution < 1.29 is 13.9 Å². The second-order valence-corrected chi connectivity index (χ2v) is 4.62. The van der Waals surface area contributed by atoms with Crippen molar-refractivity contribution in [1.82, 2.24) is 5.32 Å². The molecule has 0 fully saturated rings. The van der Waals surface area contributed by atoms with Crippen LogP contribution in [0.1, 0.15) is 30.6 Å². The van der Waals surface area contributed by atoms with E-state index in [2.05, 4.69) is 5.32 Å². The van der Waals surface area contributed by atoms with Gasteiger partial charge in [0.05, 0.1) is 12.6 Å². The summed E-state index contributed by atoms with van der Waals surface area (Å²) in [6.45, 7) is 3.80. The van der Waals surface area contributed by atoms with Crippen molar-refractivity contribution in [3.05, 3.63) is 29.6 Å². The van der Waals surface area contributed by atoms with Crippen molar-refractivity contribution in [2.75, 3.05) is 13.0 Å². The van der Waals surface area contributed by atoms with Gasteiger partial charge in [-0.25, -0.2) is 4.39 Å². The van der Waals surface area contributed by atoms with Gasteiger partial charge in [0.1, 0.15) is 0 Å². The summed E-state index contributed by atoms with van der Waals surface area (Å²) < 4.78 is 18.1. The Morgan fingerprint density at radius 1 is 1.56 bits per heavy atom. The van der Waals surface area contributed by atoms with E-state index in [9.17, 15) is 9.18 Å². The van der Waals surface area contributed by atoms with Crippen LogP contribution in [-0.2, 0) is 0 Å². The fourth-order valence-electron chi connectivity index (χ4n) is 1.36. The summed E-state index contributed by atoms with van der Waals surface area (Å²) in [6.07, 6.45) is 0.709. The number of benzene rings is 1. The molecule has 18 heavy (non-hydrogen) atoms. The molecule has 0 aliphatic heterocycles. The summed E-state index contributed by atoms with van der Waals surface area (Å²) >= 11 is 5.82. The van der Waals surface area contributed by atoms with Gasteiger partial charge in [-0.15, -0.1) is 11.6 Å². The normalized spacial score (nSPS) is 13.8. The van der Waals surface area contributed by atoms with Gasteiger partial charge in [-0.1, -0.05) is 6.92 Å². The van der Waals surface area contributed by atoms with E-state index in [1.807, 2.05) is 13.8 Å². The molecular formula is C13H17ClFNO2. The molecule has 1 unspecified atom stereocenters. The van der Waals surface area contributed by atoms with Crippen LogP contribution in [0.5, 0.6) is 5.75 Å². The first-order valence-electron chi connectivity index (χ1n) is 5.67. The number of hydrogen-bond donors (Lipinski definition) is 1. The first-order chi connectivity index (χ1) is 8.45. The monoisotopic (exact) mass is 273 g/mol. The zero-order chi connectivity index (χ0) is 13.8. The van der Waals surface area contributed by atoms with Crippen LogP contribution >= 0.6 is 11.6 Å². The van der Waals surface area contributed by atoms with Crippen LogP contribution < -0.4 is 10.1 Å². The molecule has 0 aliphatic rings. The smallest absolute Gasteiger partial charge is 0.251 e. The Balaban J connectivity index is 2.91. The molecule has 1 rings (SSSR count). The second-order valence-electron chi connectivity index (χ2n) is 4.35. The lowest BCUT2D eigenvalue weighted by Gasteiger charge is -2.27. The van der Waals surface area contributed by atoms with Crippen LogP contribution in [-0.4, -0.2) is 24.4 Å². The van der Waals surface area contributed by atoms with E-state index in [1.54, 1.807) is 0 Å². The van der Waals surface area contributed by atoms with Crippen molar-refractivity contribution in [2.45, 2.75) is 25.8 Å². The summed E-state index contributed by atoms with van der Waals surface area (Å²) in [5, 5.41) is 2.83. The van der Waals surface area contributed by atoms with Gasteiger partial charge in [0, 0.05) is 11.4 Å². The lowest BCUT2D eigenvalue weighted by atomic mass is 10.0. The molecular weight excluding hydrogens is 257 g/mol. The van der Waals surface area contributed by atoms with E-state index >= 15 is 0 Å². The maximum atomic E-state index is 13.2. The first-order valence-corrected chi connectivity index (χ1v) is 6.21. The molecule has 1 aromatic carbocycles. The number of methoxy groups -OCH3 is 1. The van der Waals surface area contributed by atoms with Crippen molar-refractivity contribution in [1.29, 1.82) is 0 Å². The number of halogens is 2. The van der Waals surface area contributed by atoms with Crippen molar-refractivity contribution in [3.8, 4) is 5.75 Å². The van der Waals surface area contributed by atoms with E-state index in [1.165, 1.54) is 25.3 Å². The molecule has 0 spiro atoms. The number of alkyl halides is 1. The molecule has 0 saturated carbocycles. The Morgan fingerprint density at radius 2 is 2.22 bits per heavy atom. The predicted octanol–water partition coefficient (Wildman–Crippen LogP) is 2.97. The number of amides is 1. The average molecular weight is 274 g/mol. The minimum absolute atomic E-state index is 0.0479. The predicted molar refractivity (Wildman–Crippen MR) is 69.8 cm³/mol. The van der Waals surface area contributed by atoms with Gasteiger partial charge < -0.3 is 10.1 Å². The summed E-state index contributed by atoms with van der Waals surface area (Å²) in [4.78, 5) is 12.0.